The third-order valence-electron chi connectivity index (χ3n) is 4.16. The standard InChI is InChI=1S/C18H16F3NO5/c1-4-26-16(23)12-8-13-15(22-9(12)2)11-6-5-10(25-3)7-14(11)27-17(13,24)18(19,20)21/h5-8,24H,4H2,1-3H3. The van der Waals surface area contributed by atoms with Crippen LogP contribution in [0.2, 0.25) is 0 Å². The zero-order valence-corrected chi connectivity index (χ0v) is 14.7. The third kappa shape index (κ3) is 2.97. The highest BCUT2D eigenvalue weighted by Crippen LogP contribution is 2.51. The van der Waals surface area contributed by atoms with Crippen molar-refractivity contribution in [2.45, 2.75) is 25.8 Å². The largest absolute Gasteiger partial charge is 0.497 e. The Bertz CT molecular complexity index is 913. The minimum Gasteiger partial charge on any atom is -0.497 e. The van der Waals surface area contributed by atoms with Crippen molar-refractivity contribution >= 4 is 5.97 Å². The molecule has 0 radical (unpaired) electrons. The summed E-state index contributed by atoms with van der Waals surface area (Å²) < 4.78 is 55.9. The number of alkyl halides is 3. The van der Waals surface area contributed by atoms with E-state index in [1.165, 1.54) is 32.2 Å². The maximum atomic E-state index is 13.7. The van der Waals surface area contributed by atoms with Crippen molar-refractivity contribution in [2.75, 3.05) is 13.7 Å². The number of halogens is 3. The molecule has 1 unspecified atom stereocenters. The molecule has 1 aromatic heterocycles. The van der Waals surface area contributed by atoms with Gasteiger partial charge in [0.25, 0.3) is 0 Å². The monoisotopic (exact) mass is 383 g/mol. The van der Waals surface area contributed by atoms with Crippen LogP contribution < -0.4 is 9.47 Å². The summed E-state index contributed by atoms with van der Waals surface area (Å²) in [6.45, 7) is 3.08. The molecule has 2 heterocycles. The molecule has 0 amide bonds. The fourth-order valence-electron chi connectivity index (χ4n) is 2.82. The lowest BCUT2D eigenvalue weighted by Gasteiger charge is -2.36. The summed E-state index contributed by atoms with van der Waals surface area (Å²) >= 11 is 0. The zero-order chi connectivity index (χ0) is 20.0. The highest BCUT2D eigenvalue weighted by atomic mass is 19.4. The van der Waals surface area contributed by atoms with Crippen LogP contribution in [0, 0.1) is 6.92 Å². The van der Waals surface area contributed by atoms with Crippen LogP contribution in [0.1, 0.15) is 28.5 Å². The summed E-state index contributed by atoms with van der Waals surface area (Å²) in [4.78, 5) is 16.2. The van der Waals surface area contributed by atoms with E-state index in [-0.39, 0.29) is 40.6 Å². The molecule has 3 rings (SSSR count). The lowest BCUT2D eigenvalue weighted by molar-refractivity contribution is -0.345. The number of esters is 1. The molecule has 0 spiro atoms. The van der Waals surface area contributed by atoms with E-state index < -0.39 is 23.5 Å². The smallest absolute Gasteiger partial charge is 0.460 e. The van der Waals surface area contributed by atoms with Gasteiger partial charge in [-0.3, -0.25) is 4.98 Å². The van der Waals surface area contributed by atoms with Crippen molar-refractivity contribution in [2.24, 2.45) is 0 Å². The number of rotatable bonds is 3. The van der Waals surface area contributed by atoms with Gasteiger partial charge >= 0.3 is 17.9 Å². The molecule has 1 aliphatic heterocycles. The molecule has 1 aromatic carbocycles. The predicted molar refractivity (Wildman–Crippen MR) is 87.5 cm³/mol. The minimum atomic E-state index is -5.19. The Balaban J connectivity index is 2.30. The number of pyridine rings is 1. The first-order valence-electron chi connectivity index (χ1n) is 7.98. The summed E-state index contributed by atoms with van der Waals surface area (Å²) in [7, 11) is 1.35. The Morgan fingerprint density at radius 2 is 2.04 bits per heavy atom. The van der Waals surface area contributed by atoms with Crippen LogP contribution in [0.3, 0.4) is 0 Å². The van der Waals surface area contributed by atoms with Crippen LogP contribution in [0.25, 0.3) is 11.3 Å². The van der Waals surface area contributed by atoms with Crippen molar-refractivity contribution in [3.8, 4) is 22.8 Å². The quantitative estimate of drug-likeness (QED) is 0.820. The van der Waals surface area contributed by atoms with Crippen LogP contribution in [-0.4, -0.2) is 36.0 Å². The third-order valence-corrected chi connectivity index (χ3v) is 4.16. The molecule has 0 saturated heterocycles. The van der Waals surface area contributed by atoms with E-state index in [4.69, 9.17) is 14.2 Å². The van der Waals surface area contributed by atoms with Gasteiger partial charge in [0, 0.05) is 11.6 Å². The molecule has 0 fully saturated rings. The van der Waals surface area contributed by atoms with Crippen LogP contribution in [-0.2, 0) is 10.5 Å². The predicted octanol–water partition coefficient (Wildman–Crippen LogP) is 3.34. The summed E-state index contributed by atoms with van der Waals surface area (Å²) in [6.07, 6.45) is -5.19. The number of carbonyl (C=O) groups excluding carboxylic acids is 1. The molecule has 27 heavy (non-hydrogen) atoms. The molecule has 0 saturated carbocycles. The lowest BCUT2D eigenvalue weighted by atomic mass is 9.92. The first-order chi connectivity index (χ1) is 12.6. The van der Waals surface area contributed by atoms with Crippen molar-refractivity contribution in [1.29, 1.82) is 0 Å². The number of aliphatic hydroxyl groups is 1. The van der Waals surface area contributed by atoms with E-state index in [1.807, 2.05) is 0 Å². The van der Waals surface area contributed by atoms with Crippen molar-refractivity contribution in [1.82, 2.24) is 4.98 Å². The number of methoxy groups -OCH3 is 1. The lowest BCUT2D eigenvalue weighted by Crippen LogP contribution is -2.49. The van der Waals surface area contributed by atoms with Gasteiger partial charge in [0.2, 0.25) is 0 Å². The maximum absolute atomic E-state index is 13.7. The van der Waals surface area contributed by atoms with E-state index in [2.05, 4.69) is 4.98 Å². The molecule has 6 nitrogen and oxygen atoms in total. The number of aromatic nitrogens is 1. The number of hydrogen-bond acceptors (Lipinski definition) is 6. The second-order valence-corrected chi connectivity index (χ2v) is 5.84. The van der Waals surface area contributed by atoms with Gasteiger partial charge in [-0.1, -0.05) is 0 Å². The number of fused-ring (bicyclic) bond motifs is 3. The molecule has 144 valence electrons. The Morgan fingerprint density at radius 3 is 2.63 bits per heavy atom. The fraction of sp³-hybridized carbons (Fsp3) is 0.333. The first kappa shape index (κ1) is 19.0. The second kappa shape index (κ2) is 6.41. The molecule has 9 heteroatoms. The molecular formula is C18H16F3NO5. The summed E-state index contributed by atoms with van der Waals surface area (Å²) in [6, 6.07) is 5.14. The van der Waals surface area contributed by atoms with E-state index in [1.54, 1.807) is 6.92 Å². The Morgan fingerprint density at radius 1 is 1.33 bits per heavy atom. The molecule has 1 aliphatic rings. The van der Waals surface area contributed by atoms with Gasteiger partial charge < -0.3 is 19.3 Å². The molecule has 1 atom stereocenters. The topological polar surface area (TPSA) is 77.9 Å². The average Bonchev–Trinajstić information content (AvgIpc) is 2.60. The Labute approximate surface area is 152 Å². The fourth-order valence-corrected chi connectivity index (χ4v) is 2.82. The van der Waals surface area contributed by atoms with Gasteiger partial charge in [0.15, 0.2) is 0 Å². The van der Waals surface area contributed by atoms with Gasteiger partial charge in [0.05, 0.1) is 36.2 Å². The molecule has 2 aromatic rings. The number of nitrogens with zero attached hydrogens (tertiary/aromatic N) is 1. The molecule has 0 bridgehead atoms. The van der Waals surface area contributed by atoms with Gasteiger partial charge in [-0.2, -0.15) is 13.2 Å². The summed E-state index contributed by atoms with van der Waals surface area (Å²) in [5, 5.41) is 10.4. The Kier molecular flexibility index (Phi) is 4.51. The van der Waals surface area contributed by atoms with Gasteiger partial charge in [0.1, 0.15) is 11.5 Å². The van der Waals surface area contributed by atoms with E-state index in [0.29, 0.717) is 0 Å². The first-order valence-corrected chi connectivity index (χ1v) is 7.98. The van der Waals surface area contributed by atoms with Crippen molar-refractivity contribution in [3.05, 3.63) is 41.1 Å². The number of benzene rings is 1. The van der Waals surface area contributed by atoms with Crippen LogP contribution in [0.5, 0.6) is 11.5 Å². The molecule has 1 N–H and O–H groups in total. The summed E-state index contributed by atoms with van der Waals surface area (Å²) in [5.41, 5.74) is -0.594. The van der Waals surface area contributed by atoms with Gasteiger partial charge in [-0.05, 0) is 32.0 Å². The zero-order valence-electron chi connectivity index (χ0n) is 14.7. The Hall–Kier alpha value is -2.81. The SMILES string of the molecule is CCOC(=O)c1cc2c(nc1C)-c1ccc(OC)cc1OC2(O)C(F)(F)F. The number of aryl methyl sites for hydroxylation is 1. The molecular weight excluding hydrogens is 367 g/mol. The van der Waals surface area contributed by atoms with E-state index in [9.17, 15) is 23.1 Å². The highest BCUT2D eigenvalue weighted by molar-refractivity contribution is 5.92. The number of carbonyl (C=O) groups is 1. The average molecular weight is 383 g/mol. The summed E-state index contributed by atoms with van der Waals surface area (Å²) in [5.74, 6) is -4.50. The number of hydrogen-bond donors (Lipinski definition) is 1. The van der Waals surface area contributed by atoms with Crippen LogP contribution in [0.4, 0.5) is 13.2 Å². The maximum Gasteiger partial charge on any atom is 0.460 e. The molecule has 0 aliphatic carbocycles. The van der Waals surface area contributed by atoms with Crippen molar-refractivity contribution < 1.29 is 37.3 Å². The van der Waals surface area contributed by atoms with E-state index in [0.717, 1.165) is 6.07 Å². The highest BCUT2D eigenvalue weighted by Gasteiger charge is 2.61. The van der Waals surface area contributed by atoms with Gasteiger partial charge in [-0.15, -0.1) is 0 Å². The van der Waals surface area contributed by atoms with Crippen molar-refractivity contribution in [3.63, 3.8) is 0 Å². The van der Waals surface area contributed by atoms with Crippen LogP contribution >= 0.6 is 0 Å². The number of ether oxygens (including phenoxy) is 3. The minimum absolute atomic E-state index is 0.0397. The van der Waals surface area contributed by atoms with Crippen LogP contribution in [0.15, 0.2) is 24.3 Å². The second-order valence-electron chi connectivity index (χ2n) is 5.84. The van der Waals surface area contributed by atoms with E-state index >= 15 is 0 Å². The van der Waals surface area contributed by atoms with Gasteiger partial charge in [-0.25, -0.2) is 4.79 Å². The normalized spacial score (nSPS) is 18.2.